The number of carbonyl (C=O) groups excluding carboxylic acids is 1. The lowest BCUT2D eigenvalue weighted by molar-refractivity contribution is -0.125. The number of allylic oxidation sites excluding steroid dienone is 2. The minimum atomic E-state index is 0.151. The number of amides is 1. The lowest BCUT2D eigenvalue weighted by atomic mass is 9.93. The summed E-state index contributed by atoms with van der Waals surface area (Å²) >= 11 is 1.72. The monoisotopic (exact) mass is 300 g/mol. The summed E-state index contributed by atoms with van der Waals surface area (Å²) in [6.07, 6.45) is 7.14. The van der Waals surface area contributed by atoms with Gasteiger partial charge in [0.15, 0.2) is 0 Å². The Hall–Kier alpha value is -1.68. The highest BCUT2D eigenvalue weighted by Gasteiger charge is 2.19. The average Bonchev–Trinajstić information content (AvgIpc) is 2.97. The van der Waals surface area contributed by atoms with Crippen molar-refractivity contribution < 1.29 is 4.79 Å². The van der Waals surface area contributed by atoms with Crippen LogP contribution in [0.15, 0.2) is 36.4 Å². The van der Waals surface area contributed by atoms with Crippen molar-refractivity contribution in [3.05, 3.63) is 41.4 Å². The lowest BCUT2D eigenvalue weighted by Crippen LogP contribution is -2.33. The van der Waals surface area contributed by atoms with Gasteiger partial charge in [0.2, 0.25) is 5.91 Å². The third-order valence-corrected chi connectivity index (χ3v) is 5.22. The summed E-state index contributed by atoms with van der Waals surface area (Å²) in [5.41, 5.74) is 1.05. The minimum Gasteiger partial charge on any atom is -0.355 e. The van der Waals surface area contributed by atoms with Gasteiger partial charge in [-0.1, -0.05) is 31.2 Å². The Balaban J connectivity index is 1.59. The molecule has 2 aromatic rings. The second-order valence-electron chi connectivity index (χ2n) is 5.65. The van der Waals surface area contributed by atoms with Crippen LogP contribution in [0.4, 0.5) is 0 Å². The van der Waals surface area contributed by atoms with E-state index in [9.17, 15) is 4.79 Å². The number of hydrogen-bond acceptors (Lipinski definition) is 3. The molecule has 3 nitrogen and oxygen atoms in total. The van der Waals surface area contributed by atoms with Gasteiger partial charge >= 0.3 is 0 Å². The molecule has 3 rings (SSSR count). The first-order valence-electron chi connectivity index (χ1n) is 7.52. The standard InChI is InChI=1S/C17H20N2OS/c1-12(11-18-16(20)13-7-3-2-4-8-13)17-19-14-9-5-6-10-15(14)21-17/h2-3,5-6,9-10,12-13H,4,7-8,11H2,1H3,(H,18,20)/t12-,13-/m0/s1. The van der Waals surface area contributed by atoms with E-state index in [2.05, 4.69) is 35.4 Å². The largest absolute Gasteiger partial charge is 0.355 e. The molecule has 4 heteroatoms. The number of benzene rings is 1. The van der Waals surface area contributed by atoms with Crippen molar-refractivity contribution in [1.29, 1.82) is 0 Å². The summed E-state index contributed by atoms with van der Waals surface area (Å²) in [6, 6.07) is 8.17. The van der Waals surface area contributed by atoms with Gasteiger partial charge in [0.1, 0.15) is 0 Å². The molecule has 0 aliphatic heterocycles. The fraction of sp³-hybridized carbons (Fsp3) is 0.412. The Kier molecular flexibility index (Phi) is 4.34. The number of para-hydroxylation sites is 1. The fourth-order valence-corrected chi connectivity index (χ4v) is 3.64. The van der Waals surface area contributed by atoms with Gasteiger partial charge in [0, 0.05) is 18.4 Å². The van der Waals surface area contributed by atoms with Crippen molar-refractivity contribution in [3.63, 3.8) is 0 Å². The van der Waals surface area contributed by atoms with Gasteiger partial charge in [0.05, 0.1) is 15.2 Å². The van der Waals surface area contributed by atoms with Crippen LogP contribution in [-0.2, 0) is 4.79 Å². The van der Waals surface area contributed by atoms with Gasteiger partial charge in [-0.05, 0) is 31.4 Å². The van der Waals surface area contributed by atoms with Crippen molar-refractivity contribution >= 4 is 27.5 Å². The normalized spacial score (nSPS) is 19.6. The number of hydrogen-bond donors (Lipinski definition) is 1. The summed E-state index contributed by atoms with van der Waals surface area (Å²) < 4.78 is 1.21. The van der Waals surface area contributed by atoms with E-state index in [0.717, 1.165) is 29.8 Å². The molecule has 1 amide bonds. The molecule has 0 spiro atoms. The first-order valence-corrected chi connectivity index (χ1v) is 8.34. The van der Waals surface area contributed by atoms with Crippen LogP contribution in [0, 0.1) is 5.92 Å². The molecule has 1 aliphatic carbocycles. The van der Waals surface area contributed by atoms with E-state index in [1.54, 1.807) is 11.3 Å². The van der Waals surface area contributed by atoms with Gasteiger partial charge in [-0.15, -0.1) is 11.3 Å². The quantitative estimate of drug-likeness (QED) is 0.871. The number of carbonyl (C=O) groups is 1. The molecular weight excluding hydrogens is 280 g/mol. The third-order valence-electron chi connectivity index (χ3n) is 3.95. The molecule has 1 aliphatic rings. The molecule has 1 aromatic carbocycles. The molecular formula is C17H20N2OS. The topological polar surface area (TPSA) is 42.0 Å². The predicted molar refractivity (Wildman–Crippen MR) is 87.5 cm³/mol. The Morgan fingerprint density at radius 3 is 3.05 bits per heavy atom. The van der Waals surface area contributed by atoms with Gasteiger partial charge < -0.3 is 5.32 Å². The van der Waals surface area contributed by atoms with Crippen LogP contribution in [0.5, 0.6) is 0 Å². The highest BCUT2D eigenvalue weighted by molar-refractivity contribution is 7.18. The summed E-state index contributed by atoms with van der Waals surface area (Å²) in [5.74, 6) is 0.593. The van der Waals surface area contributed by atoms with E-state index in [4.69, 9.17) is 0 Å². The summed E-state index contributed by atoms with van der Waals surface area (Å²) in [4.78, 5) is 16.8. The highest BCUT2D eigenvalue weighted by atomic mass is 32.1. The third kappa shape index (κ3) is 3.32. The van der Waals surface area contributed by atoms with E-state index in [0.29, 0.717) is 6.54 Å². The molecule has 1 heterocycles. The van der Waals surface area contributed by atoms with E-state index >= 15 is 0 Å². The molecule has 0 saturated carbocycles. The molecule has 21 heavy (non-hydrogen) atoms. The highest BCUT2D eigenvalue weighted by Crippen LogP contribution is 2.27. The molecule has 110 valence electrons. The van der Waals surface area contributed by atoms with Crippen LogP contribution in [0.3, 0.4) is 0 Å². The van der Waals surface area contributed by atoms with Crippen LogP contribution < -0.4 is 5.32 Å². The Labute approximate surface area is 129 Å². The van der Waals surface area contributed by atoms with E-state index in [-0.39, 0.29) is 17.7 Å². The smallest absolute Gasteiger partial charge is 0.223 e. The Morgan fingerprint density at radius 2 is 2.29 bits per heavy atom. The molecule has 0 saturated heterocycles. The zero-order valence-electron chi connectivity index (χ0n) is 12.2. The fourth-order valence-electron chi connectivity index (χ4n) is 2.62. The summed E-state index contributed by atoms with van der Waals surface area (Å²) in [7, 11) is 0. The second-order valence-corrected chi connectivity index (χ2v) is 6.71. The van der Waals surface area contributed by atoms with Gasteiger partial charge in [0.25, 0.3) is 0 Å². The summed E-state index contributed by atoms with van der Waals surface area (Å²) in [5, 5.41) is 4.19. The molecule has 0 fully saturated rings. The van der Waals surface area contributed by atoms with Crippen molar-refractivity contribution in [3.8, 4) is 0 Å². The lowest BCUT2D eigenvalue weighted by Gasteiger charge is -2.18. The number of nitrogens with zero attached hydrogens (tertiary/aromatic N) is 1. The number of thiazole rings is 1. The zero-order valence-corrected chi connectivity index (χ0v) is 13.0. The summed E-state index contributed by atoms with van der Waals surface area (Å²) in [6.45, 7) is 2.79. The van der Waals surface area contributed by atoms with Crippen molar-refractivity contribution in [2.75, 3.05) is 6.54 Å². The maximum absolute atomic E-state index is 12.1. The number of nitrogens with one attached hydrogen (secondary N) is 1. The van der Waals surface area contributed by atoms with E-state index in [1.165, 1.54) is 4.70 Å². The maximum atomic E-state index is 12.1. The van der Waals surface area contributed by atoms with Gasteiger partial charge in [-0.3, -0.25) is 4.79 Å². The molecule has 1 N–H and O–H groups in total. The van der Waals surface area contributed by atoms with Crippen LogP contribution in [0.25, 0.3) is 10.2 Å². The van der Waals surface area contributed by atoms with Crippen LogP contribution in [0.1, 0.15) is 37.1 Å². The Bertz CT molecular complexity index is 629. The zero-order chi connectivity index (χ0) is 14.7. The van der Waals surface area contributed by atoms with Gasteiger partial charge in [-0.2, -0.15) is 0 Å². The number of aromatic nitrogens is 1. The van der Waals surface area contributed by atoms with Crippen LogP contribution in [0.2, 0.25) is 0 Å². The van der Waals surface area contributed by atoms with E-state index < -0.39 is 0 Å². The number of fused-ring (bicyclic) bond motifs is 1. The SMILES string of the molecule is C[C@@H](CNC(=O)[C@H]1CC=CCC1)c1nc2ccccc2s1. The van der Waals surface area contributed by atoms with Gasteiger partial charge in [-0.25, -0.2) is 4.98 Å². The number of rotatable bonds is 4. The first kappa shape index (κ1) is 14.3. The van der Waals surface area contributed by atoms with Crippen LogP contribution >= 0.6 is 11.3 Å². The van der Waals surface area contributed by atoms with Crippen molar-refractivity contribution in [1.82, 2.24) is 10.3 Å². The Morgan fingerprint density at radius 1 is 1.43 bits per heavy atom. The average molecular weight is 300 g/mol. The molecule has 0 radical (unpaired) electrons. The van der Waals surface area contributed by atoms with E-state index in [1.807, 2.05) is 18.2 Å². The maximum Gasteiger partial charge on any atom is 0.223 e. The second kappa shape index (κ2) is 6.39. The molecule has 0 bridgehead atoms. The minimum absolute atomic E-state index is 0.151. The molecule has 0 unspecified atom stereocenters. The molecule has 1 aromatic heterocycles. The van der Waals surface area contributed by atoms with Crippen molar-refractivity contribution in [2.24, 2.45) is 5.92 Å². The molecule has 2 atom stereocenters. The predicted octanol–water partition coefficient (Wildman–Crippen LogP) is 3.87. The van der Waals surface area contributed by atoms with Crippen LogP contribution in [-0.4, -0.2) is 17.4 Å². The first-order chi connectivity index (χ1) is 10.2. The van der Waals surface area contributed by atoms with Crippen molar-refractivity contribution in [2.45, 2.75) is 32.1 Å².